The number of carbonyl (C=O) groups excluding carboxylic acids is 1. The summed E-state index contributed by atoms with van der Waals surface area (Å²) in [7, 11) is -3.45. The fraction of sp³-hybridized carbons (Fsp3) is 0.423. The van der Waals surface area contributed by atoms with Crippen molar-refractivity contribution in [3.63, 3.8) is 0 Å². The molecule has 1 atom stereocenters. The van der Waals surface area contributed by atoms with E-state index in [1.54, 1.807) is 24.3 Å². The molecule has 8 nitrogen and oxygen atoms in total. The minimum absolute atomic E-state index is 0.0992. The van der Waals surface area contributed by atoms with Crippen LogP contribution in [0, 0.1) is 0 Å². The molecule has 9 heteroatoms. The molecule has 1 aromatic heterocycles. The Morgan fingerprint density at radius 2 is 1.63 bits per heavy atom. The van der Waals surface area contributed by atoms with Crippen molar-refractivity contribution in [2.24, 2.45) is 0 Å². The van der Waals surface area contributed by atoms with E-state index in [1.807, 2.05) is 42.2 Å². The van der Waals surface area contributed by atoms with E-state index >= 15 is 0 Å². The number of carbonyl (C=O) groups is 1. The first-order valence-corrected chi connectivity index (χ1v) is 13.7. The van der Waals surface area contributed by atoms with Gasteiger partial charge < -0.3 is 9.42 Å². The standard InChI is InChI=1S/C26H30N4O4S/c1-19(20-7-3-2-4-8-20)26(31)29-17-13-22(14-18-29)25-27-24(28-34-25)21-9-11-23(12-10-21)35(32,33)30-15-5-6-16-30/h2-4,7-12,19,22H,5-6,13-18H2,1H3/t19-/m1/s1. The summed E-state index contributed by atoms with van der Waals surface area (Å²) in [5, 5.41) is 4.13. The maximum atomic E-state index is 12.9. The van der Waals surface area contributed by atoms with Crippen molar-refractivity contribution in [1.29, 1.82) is 0 Å². The average Bonchev–Trinajstić information content (AvgIpc) is 3.62. The van der Waals surface area contributed by atoms with Gasteiger partial charge in [0.25, 0.3) is 0 Å². The lowest BCUT2D eigenvalue weighted by Crippen LogP contribution is -2.40. The highest BCUT2D eigenvalue weighted by Gasteiger charge is 2.30. The van der Waals surface area contributed by atoms with Crippen LogP contribution in [0.3, 0.4) is 0 Å². The van der Waals surface area contributed by atoms with Gasteiger partial charge in [-0.05, 0) is 62.4 Å². The van der Waals surface area contributed by atoms with E-state index in [9.17, 15) is 13.2 Å². The van der Waals surface area contributed by atoms with Crippen LogP contribution in [0.5, 0.6) is 0 Å². The third-order valence-corrected chi connectivity index (χ3v) is 9.00. The monoisotopic (exact) mass is 494 g/mol. The predicted octanol–water partition coefficient (Wildman–Crippen LogP) is 4.03. The normalized spacial score (nSPS) is 18.6. The Bertz CT molecular complexity index is 1260. The molecule has 3 aromatic rings. The summed E-state index contributed by atoms with van der Waals surface area (Å²) in [6.07, 6.45) is 3.34. The molecule has 184 valence electrons. The van der Waals surface area contributed by atoms with Gasteiger partial charge in [0.05, 0.1) is 10.8 Å². The van der Waals surface area contributed by atoms with E-state index in [0.29, 0.717) is 43.5 Å². The van der Waals surface area contributed by atoms with Gasteiger partial charge in [0.1, 0.15) is 0 Å². The first-order valence-electron chi connectivity index (χ1n) is 12.2. The van der Waals surface area contributed by atoms with E-state index in [0.717, 1.165) is 31.2 Å². The number of aromatic nitrogens is 2. The molecule has 2 aliphatic heterocycles. The molecule has 1 amide bonds. The fourth-order valence-corrected chi connectivity index (χ4v) is 6.39. The molecule has 0 saturated carbocycles. The summed E-state index contributed by atoms with van der Waals surface area (Å²) >= 11 is 0. The number of likely N-dealkylation sites (tertiary alicyclic amines) is 1. The van der Waals surface area contributed by atoms with E-state index in [4.69, 9.17) is 4.52 Å². The molecule has 5 rings (SSSR count). The van der Waals surface area contributed by atoms with Crippen molar-refractivity contribution in [1.82, 2.24) is 19.3 Å². The summed E-state index contributed by atoms with van der Waals surface area (Å²) in [4.78, 5) is 19.7. The van der Waals surface area contributed by atoms with E-state index in [2.05, 4.69) is 10.1 Å². The van der Waals surface area contributed by atoms with Gasteiger partial charge in [0.15, 0.2) is 0 Å². The molecule has 0 aliphatic carbocycles. The quantitative estimate of drug-likeness (QED) is 0.513. The zero-order valence-corrected chi connectivity index (χ0v) is 20.7. The van der Waals surface area contributed by atoms with Crippen LogP contribution in [0.4, 0.5) is 0 Å². The lowest BCUT2D eigenvalue weighted by molar-refractivity contribution is -0.133. The SMILES string of the molecule is C[C@@H](C(=O)N1CCC(c2nc(-c3ccc(S(=O)(=O)N4CCCC4)cc3)no2)CC1)c1ccccc1. The second-order valence-electron chi connectivity index (χ2n) is 9.32. The maximum absolute atomic E-state index is 12.9. The Morgan fingerprint density at radius 1 is 0.971 bits per heavy atom. The molecule has 0 spiro atoms. The third kappa shape index (κ3) is 4.88. The predicted molar refractivity (Wildman–Crippen MR) is 131 cm³/mol. The van der Waals surface area contributed by atoms with Gasteiger partial charge in [-0.25, -0.2) is 8.42 Å². The zero-order valence-electron chi connectivity index (χ0n) is 19.8. The van der Waals surface area contributed by atoms with Gasteiger partial charge >= 0.3 is 0 Å². The Hall–Kier alpha value is -3.04. The minimum atomic E-state index is -3.45. The fourth-order valence-electron chi connectivity index (χ4n) is 4.88. The Balaban J connectivity index is 1.21. The average molecular weight is 495 g/mol. The molecule has 0 N–H and O–H groups in total. The van der Waals surface area contributed by atoms with Crippen LogP contribution in [0.1, 0.15) is 55.9 Å². The molecule has 0 bridgehead atoms. The van der Waals surface area contributed by atoms with Gasteiger partial charge in [0.2, 0.25) is 27.6 Å². The van der Waals surface area contributed by atoms with Gasteiger partial charge in [-0.2, -0.15) is 9.29 Å². The van der Waals surface area contributed by atoms with Crippen molar-refractivity contribution in [3.8, 4) is 11.4 Å². The van der Waals surface area contributed by atoms with Crippen molar-refractivity contribution in [2.75, 3.05) is 26.2 Å². The molecule has 0 unspecified atom stereocenters. The highest BCUT2D eigenvalue weighted by molar-refractivity contribution is 7.89. The molecular weight excluding hydrogens is 464 g/mol. The van der Waals surface area contributed by atoms with Crippen LogP contribution < -0.4 is 0 Å². The number of sulfonamides is 1. The molecular formula is C26H30N4O4S. The topological polar surface area (TPSA) is 96.6 Å². The summed E-state index contributed by atoms with van der Waals surface area (Å²) < 4.78 is 32.6. The lowest BCUT2D eigenvalue weighted by Gasteiger charge is -2.32. The Morgan fingerprint density at radius 3 is 2.29 bits per heavy atom. The van der Waals surface area contributed by atoms with E-state index in [-0.39, 0.29) is 22.6 Å². The van der Waals surface area contributed by atoms with Crippen LogP contribution in [-0.4, -0.2) is 59.8 Å². The highest BCUT2D eigenvalue weighted by Crippen LogP contribution is 2.31. The number of rotatable bonds is 6. The molecule has 3 heterocycles. The van der Waals surface area contributed by atoms with Crippen LogP contribution >= 0.6 is 0 Å². The van der Waals surface area contributed by atoms with Crippen LogP contribution in [0.15, 0.2) is 64.0 Å². The summed E-state index contributed by atoms with van der Waals surface area (Å²) in [6, 6.07) is 16.5. The summed E-state index contributed by atoms with van der Waals surface area (Å²) in [5.74, 6) is 1.09. The van der Waals surface area contributed by atoms with Crippen molar-refractivity contribution < 1.29 is 17.7 Å². The minimum Gasteiger partial charge on any atom is -0.342 e. The Labute approximate surface area is 206 Å². The van der Waals surface area contributed by atoms with Gasteiger partial charge in [-0.1, -0.05) is 35.5 Å². The van der Waals surface area contributed by atoms with Crippen molar-refractivity contribution >= 4 is 15.9 Å². The smallest absolute Gasteiger partial charge is 0.243 e. The molecule has 35 heavy (non-hydrogen) atoms. The number of piperidine rings is 1. The van der Waals surface area contributed by atoms with Gasteiger partial charge in [0, 0.05) is 37.7 Å². The second-order valence-corrected chi connectivity index (χ2v) is 11.3. The van der Waals surface area contributed by atoms with Crippen LogP contribution in [0.25, 0.3) is 11.4 Å². The third-order valence-electron chi connectivity index (χ3n) is 7.08. The molecule has 0 radical (unpaired) electrons. The number of hydrogen-bond donors (Lipinski definition) is 0. The Kier molecular flexibility index (Phi) is 6.71. The first-order chi connectivity index (χ1) is 16.9. The van der Waals surface area contributed by atoms with E-state index < -0.39 is 10.0 Å². The maximum Gasteiger partial charge on any atom is 0.243 e. The molecule has 2 aliphatic rings. The molecule has 2 fully saturated rings. The number of amides is 1. The summed E-state index contributed by atoms with van der Waals surface area (Å²) in [5.41, 5.74) is 1.74. The number of hydrogen-bond acceptors (Lipinski definition) is 6. The highest BCUT2D eigenvalue weighted by atomic mass is 32.2. The molecule has 2 saturated heterocycles. The second kappa shape index (κ2) is 9.91. The van der Waals surface area contributed by atoms with Gasteiger partial charge in [-0.15, -0.1) is 0 Å². The van der Waals surface area contributed by atoms with Crippen LogP contribution in [0.2, 0.25) is 0 Å². The van der Waals surface area contributed by atoms with Crippen LogP contribution in [-0.2, 0) is 14.8 Å². The van der Waals surface area contributed by atoms with Gasteiger partial charge in [-0.3, -0.25) is 4.79 Å². The van der Waals surface area contributed by atoms with Crippen molar-refractivity contribution in [2.45, 2.75) is 49.3 Å². The van der Waals surface area contributed by atoms with Crippen molar-refractivity contribution in [3.05, 3.63) is 66.1 Å². The number of benzene rings is 2. The molecule has 2 aromatic carbocycles. The summed E-state index contributed by atoms with van der Waals surface area (Å²) in [6.45, 7) is 4.42. The zero-order chi connectivity index (χ0) is 24.4. The number of nitrogens with zero attached hydrogens (tertiary/aromatic N) is 4. The lowest BCUT2D eigenvalue weighted by atomic mass is 9.94. The van der Waals surface area contributed by atoms with E-state index in [1.165, 1.54) is 4.31 Å². The first kappa shape index (κ1) is 23.7. The largest absolute Gasteiger partial charge is 0.342 e.